The first-order valence-corrected chi connectivity index (χ1v) is 7.41. The third-order valence-corrected chi connectivity index (χ3v) is 3.92. The lowest BCUT2D eigenvalue weighted by Crippen LogP contribution is -2.26. The monoisotopic (exact) mass is 292 g/mol. The van der Waals surface area contributed by atoms with Gasteiger partial charge in [0.15, 0.2) is 0 Å². The zero-order chi connectivity index (χ0) is 14.9. The Bertz CT molecular complexity index is 621. The van der Waals surface area contributed by atoms with E-state index >= 15 is 0 Å². The number of aryl methyl sites for hydroxylation is 1. The predicted octanol–water partition coefficient (Wildman–Crippen LogP) is 2.64. The van der Waals surface area contributed by atoms with Crippen molar-refractivity contribution in [3.8, 4) is 0 Å². The second kappa shape index (κ2) is 5.36. The van der Waals surface area contributed by atoms with Gasteiger partial charge in [-0.15, -0.1) is 11.3 Å². The van der Waals surface area contributed by atoms with Gasteiger partial charge < -0.3 is 5.32 Å². The number of aromatic nitrogens is 3. The summed E-state index contributed by atoms with van der Waals surface area (Å²) in [5.41, 5.74) is 2.35. The van der Waals surface area contributed by atoms with Crippen LogP contribution < -0.4 is 5.32 Å². The highest BCUT2D eigenvalue weighted by Crippen LogP contribution is 2.18. The summed E-state index contributed by atoms with van der Waals surface area (Å²) < 4.78 is 1.87. The summed E-state index contributed by atoms with van der Waals surface area (Å²) in [7, 11) is 0. The van der Waals surface area contributed by atoms with Crippen molar-refractivity contribution < 1.29 is 4.79 Å². The second-order valence-electron chi connectivity index (χ2n) is 5.79. The summed E-state index contributed by atoms with van der Waals surface area (Å²) in [6.07, 6.45) is 1.63. The van der Waals surface area contributed by atoms with E-state index in [2.05, 4.69) is 36.2 Å². The van der Waals surface area contributed by atoms with Gasteiger partial charge in [0, 0.05) is 16.8 Å². The normalized spacial score (nSPS) is 11.7. The molecule has 5 nitrogen and oxygen atoms in total. The number of nitrogens with zero attached hydrogens (tertiary/aromatic N) is 3. The maximum atomic E-state index is 12.2. The van der Waals surface area contributed by atoms with Crippen LogP contribution in [0.15, 0.2) is 11.6 Å². The molecule has 0 unspecified atom stereocenters. The minimum absolute atomic E-state index is 0.106. The van der Waals surface area contributed by atoms with E-state index in [-0.39, 0.29) is 11.4 Å². The van der Waals surface area contributed by atoms with Crippen LogP contribution in [0.3, 0.4) is 0 Å². The molecule has 0 aliphatic heterocycles. The summed E-state index contributed by atoms with van der Waals surface area (Å²) in [5, 5.41) is 10.1. The summed E-state index contributed by atoms with van der Waals surface area (Å²) in [5.74, 6) is -0.106. The van der Waals surface area contributed by atoms with Crippen molar-refractivity contribution in [3.05, 3.63) is 33.5 Å². The summed E-state index contributed by atoms with van der Waals surface area (Å²) >= 11 is 1.55. The predicted molar refractivity (Wildman–Crippen MR) is 80.0 cm³/mol. The zero-order valence-electron chi connectivity index (χ0n) is 12.5. The first-order chi connectivity index (χ1) is 9.29. The first-order valence-electron chi connectivity index (χ1n) is 6.53. The largest absolute Gasteiger partial charge is 0.345 e. The molecule has 0 saturated heterocycles. The molecule has 1 N–H and O–H groups in total. The van der Waals surface area contributed by atoms with Crippen LogP contribution in [0.1, 0.15) is 47.5 Å². The van der Waals surface area contributed by atoms with Gasteiger partial charge in [0.05, 0.1) is 23.8 Å². The zero-order valence-corrected chi connectivity index (χ0v) is 13.3. The van der Waals surface area contributed by atoms with Gasteiger partial charge >= 0.3 is 0 Å². The number of rotatable bonds is 3. The standard InChI is InChI=1S/C14H20N4OS/c1-9-8-20-12(17-9)7-15-13(19)11-6-16-18(10(11)2)14(3,4)5/h6,8H,7H2,1-5H3,(H,15,19). The van der Waals surface area contributed by atoms with E-state index in [4.69, 9.17) is 0 Å². The van der Waals surface area contributed by atoms with Crippen molar-refractivity contribution >= 4 is 17.2 Å². The van der Waals surface area contributed by atoms with Gasteiger partial charge in [-0.1, -0.05) is 0 Å². The van der Waals surface area contributed by atoms with Gasteiger partial charge in [-0.2, -0.15) is 5.10 Å². The molecule has 0 fully saturated rings. The third kappa shape index (κ3) is 3.07. The molecule has 1 amide bonds. The Hall–Kier alpha value is -1.69. The fourth-order valence-corrected chi connectivity index (χ4v) is 2.76. The van der Waals surface area contributed by atoms with Crippen LogP contribution in [0.2, 0.25) is 0 Å². The Labute approximate surface area is 123 Å². The lowest BCUT2D eigenvalue weighted by molar-refractivity contribution is 0.0950. The SMILES string of the molecule is Cc1csc(CNC(=O)c2cnn(C(C)(C)C)c2C)n1. The Morgan fingerprint density at radius 3 is 2.60 bits per heavy atom. The molecule has 6 heteroatoms. The van der Waals surface area contributed by atoms with Gasteiger partial charge in [-0.3, -0.25) is 9.48 Å². The Balaban J connectivity index is 2.08. The number of carbonyl (C=O) groups excluding carboxylic acids is 1. The molecule has 0 atom stereocenters. The highest BCUT2D eigenvalue weighted by molar-refractivity contribution is 7.09. The molecule has 0 aliphatic carbocycles. The number of nitrogens with one attached hydrogen (secondary N) is 1. The van der Waals surface area contributed by atoms with Gasteiger partial charge in [0.25, 0.3) is 5.91 Å². The lowest BCUT2D eigenvalue weighted by atomic mass is 10.1. The average molecular weight is 292 g/mol. The van der Waals surface area contributed by atoms with Crippen LogP contribution in [0.5, 0.6) is 0 Å². The number of hydrogen-bond acceptors (Lipinski definition) is 4. The lowest BCUT2D eigenvalue weighted by Gasteiger charge is -2.21. The number of thiazole rings is 1. The summed E-state index contributed by atoms with van der Waals surface area (Å²) in [6, 6.07) is 0. The van der Waals surface area contributed by atoms with Crippen LogP contribution in [-0.4, -0.2) is 20.7 Å². The van der Waals surface area contributed by atoms with Gasteiger partial charge in [0.2, 0.25) is 0 Å². The minimum Gasteiger partial charge on any atom is -0.345 e. The van der Waals surface area contributed by atoms with E-state index in [9.17, 15) is 4.79 Å². The minimum atomic E-state index is -0.130. The maximum Gasteiger partial charge on any atom is 0.255 e. The first kappa shape index (κ1) is 14.7. The molecule has 2 heterocycles. The van der Waals surface area contributed by atoms with E-state index in [0.29, 0.717) is 12.1 Å². The number of carbonyl (C=O) groups is 1. The van der Waals surface area contributed by atoms with Crippen LogP contribution in [0.4, 0.5) is 0 Å². The van der Waals surface area contributed by atoms with Gasteiger partial charge in [-0.25, -0.2) is 4.98 Å². The van der Waals surface area contributed by atoms with Gasteiger partial charge in [0.1, 0.15) is 5.01 Å². The van der Waals surface area contributed by atoms with Gasteiger partial charge in [-0.05, 0) is 34.6 Å². The summed E-state index contributed by atoms with van der Waals surface area (Å²) in [6.45, 7) is 10.5. The molecule has 2 aromatic heterocycles. The molecule has 108 valence electrons. The van der Waals surface area contributed by atoms with Crippen molar-refractivity contribution in [3.63, 3.8) is 0 Å². The number of hydrogen-bond donors (Lipinski definition) is 1. The van der Waals surface area contributed by atoms with Crippen molar-refractivity contribution in [2.45, 2.75) is 46.7 Å². The fraction of sp³-hybridized carbons (Fsp3) is 0.500. The summed E-state index contributed by atoms with van der Waals surface area (Å²) in [4.78, 5) is 16.5. The third-order valence-electron chi connectivity index (χ3n) is 2.96. The van der Waals surface area contributed by atoms with E-state index < -0.39 is 0 Å². The van der Waals surface area contributed by atoms with E-state index in [1.807, 2.05) is 23.9 Å². The smallest absolute Gasteiger partial charge is 0.255 e. The molecule has 2 rings (SSSR count). The Morgan fingerprint density at radius 2 is 2.10 bits per heavy atom. The molecule has 0 aliphatic rings. The molecule has 0 saturated carbocycles. The van der Waals surface area contributed by atoms with E-state index in [1.165, 1.54) is 0 Å². The Kier molecular flexibility index (Phi) is 3.94. The van der Waals surface area contributed by atoms with E-state index in [0.717, 1.165) is 16.4 Å². The van der Waals surface area contributed by atoms with Crippen molar-refractivity contribution in [1.82, 2.24) is 20.1 Å². The van der Waals surface area contributed by atoms with Crippen LogP contribution in [0, 0.1) is 13.8 Å². The molecule has 20 heavy (non-hydrogen) atoms. The average Bonchev–Trinajstić information content (AvgIpc) is 2.91. The molecule has 0 spiro atoms. The molecule has 0 bridgehead atoms. The van der Waals surface area contributed by atoms with Crippen molar-refractivity contribution in [2.24, 2.45) is 0 Å². The van der Waals surface area contributed by atoms with Crippen molar-refractivity contribution in [1.29, 1.82) is 0 Å². The topological polar surface area (TPSA) is 59.8 Å². The fourth-order valence-electron chi connectivity index (χ4n) is 2.04. The molecule has 0 aromatic carbocycles. The van der Waals surface area contributed by atoms with E-state index in [1.54, 1.807) is 17.5 Å². The highest BCUT2D eigenvalue weighted by Gasteiger charge is 2.21. The highest BCUT2D eigenvalue weighted by atomic mass is 32.1. The second-order valence-corrected chi connectivity index (χ2v) is 6.73. The van der Waals surface area contributed by atoms with Crippen LogP contribution in [0.25, 0.3) is 0 Å². The molecule has 2 aromatic rings. The molecule has 0 radical (unpaired) electrons. The van der Waals surface area contributed by atoms with Crippen LogP contribution >= 0.6 is 11.3 Å². The van der Waals surface area contributed by atoms with Crippen molar-refractivity contribution in [2.75, 3.05) is 0 Å². The molecular formula is C14H20N4OS. The quantitative estimate of drug-likeness (QED) is 0.946. The Morgan fingerprint density at radius 1 is 1.40 bits per heavy atom. The maximum absolute atomic E-state index is 12.2. The van der Waals surface area contributed by atoms with Crippen LogP contribution in [-0.2, 0) is 12.1 Å². The number of amides is 1. The molecular weight excluding hydrogens is 272 g/mol.